The van der Waals surface area contributed by atoms with Crippen molar-refractivity contribution in [2.75, 3.05) is 14.2 Å². The molecule has 0 spiro atoms. The fourth-order valence-corrected chi connectivity index (χ4v) is 4.36. The summed E-state index contributed by atoms with van der Waals surface area (Å²) in [6.45, 7) is 0. The molecule has 0 fully saturated rings. The van der Waals surface area contributed by atoms with Crippen molar-refractivity contribution >= 4 is 11.7 Å². The highest BCUT2D eigenvalue weighted by molar-refractivity contribution is 6.00. The van der Waals surface area contributed by atoms with E-state index in [0.717, 1.165) is 0 Å². The summed E-state index contributed by atoms with van der Waals surface area (Å²) in [4.78, 5) is 26.1. The maximum atomic E-state index is 13.2. The zero-order valence-electron chi connectivity index (χ0n) is 18.8. The van der Waals surface area contributed by atoms with E-state index in [1.165, 1.54) is 43.5 Å². The Kier molecular flexibility index (Phi) is 6.15. The Hall–Kier alpha value is -4.45. The van der Waals surface area contributed by atoms with Crippen LogP contribution in [0.2, 0.25) is 0 Å². The molecule has 1 amide bonds. The molecule has 174 valence electrons. The van der Waals surface area contributed by atoms with Crippen LogP contribution < -0.4 is 20.6 Å². The molecule has 1 unspecified atom stereocenters. The average molecular weight is 460 g/mol. The Morgan fingerprint density at radius 3 is 2.56 bits per heavy atom. The Morgan fingerprint density at radius 1 is 1.18 bits per heavy atom. The van der Waals surface area contributed by atoms with Crippen LogP contribution in [0.15, 0.2) is 65.1 Å². The quantitative estimate of drug-likeness (QED) is 0.619. The van der Waals surface area contributed by atoms with Gasteiger partial charge in [0.25, 0.3) is 5.91 Å². The van der Waals surface area contributed by atoms with Crippen molar-refractivity contribution in [1.29, 1.82) is 5.26 Å². The van der Waals surface area contributed by atoms with E-state index in [-0.39, 0.29) is 28.5 Å². The maximum Gasteiger partial charge on any atom is 0.270 e. The molecule has 2 aliphatic rings. The van der Waals surface area contributed by atoms with Gasteiger partial charge in [0, 0.05) is 34.9 Å². The third-order valence-corrected chi connectivity index (χ3v) is 6.01. The molecule has 1 aliphatic heterocycles. The van der Waals surface area contributed by atoms with Gasteiger partial charge in [-0.25, -0.2) is 5.01 Å². The van der Waals surface area contributed by atoms with Gasteiger partial charge in [-0.05, 0) is 43.2 Å². The predicted octanol–water partition coefficient (Wildman–Crippen LogP) is 2.85. The summed E-state index contributed by atoms with van der Waals surface area (Å²) in [5.41, 5.74) is 11.1. The van der Waals surface area contributed by atoms with Crippen LogP contribution in [0.5, 0.6) is 17.2 Å². The van der Waals surface area contributed by atoms with Crippen LogP contribution in [0, 0.1) is 11.3 Å². The third kappa shape index (κ3) is 3.90. The number of amides is 1. The number of Topliss-reactive ketones (excluding diaryl/α,β-unsaturated/α-hetero) is 1. The second-order valence-corrected chi connectivity index (χ2v) is 7.91. The van der Waals surface area contributed by atoms with Gasteiger partial charge < -0.3 is 20.3 Å². The number of carbonyl (C=O) groups is 2. The number of phenolic OH excluding ortho intramolecular Hbond substituents is 1. The largest absolute Gasteiger partial charge is 0.508 e. The van der Waals surface area contributed by atoms with E-state index >= 15 is 0 Å². The third-order valence-electron chi connectivity index (χ3n) is 6.01. The van der Waals surface area contributed by atoms with E-state index in [0.29, 0.717) is 47.6 Å². The molecule has 0 bridgehead atoms. The number of nitrogens with zero attached hydrogens (tertiary/aromatic N) is 2. The van der Waals surface area contributed by atoms with Crippen molar-refractivity contribution < 1.29 is 24.2 Å². The number of hydrogen-bond acceptors (Lipinski definition) is 8. The number of hydrogen-bond donors (Lipinski definition) is 3. The molecule has 0 aromatic heterocycles. The molecule has 0 saturated heterocycles. The second kappa shape index (κ2) is 9.19. The number of nitriles is 1. The highest BCUT2D eigenvalue weighted by atomic mass is 16.5. The van der Waals surface area contributed by atoms with Crippen molar-refractivity contribution in [3.63, 3.8) is 0 Å². The van der Waals surface area contributed by atoms with E-state index in [2.05, 4.69) is 11.5 Å². The number of allylic oxidation sites excluding steroid dienone is 3. The first-order valence-corrected chi connectivity index (χ1v) is 10.7. The smallest absolute Gasteiger partial charge is 0.270 e. The SMILES string of the molecule is COc1ccc(C2C(C#N)=C(N)N(NC(=O)c3ccc(O)cc3)C3=C2C(=O)CCC3)c(OC)c1. The highest BCUT2D eigenvalue weighted by Crippen LogP contribution is 2.47. The topological polar surface area (TPSA) is 138 Å². The van der Waals surface area contributed by atoms with E-state index < -0.39 is 11.8 Å². The van der Waals surface area contributed by atoms with Gasteiger partial charge in [-0.3, -0.25) is 15.0 Å². The molecule has 0 saturated carbocycles. The molecule has 2 aromatic rings. The van der Waals surface area contributed by atoms with Crippen LogP contribution in [0.25, 0.3) is 0 Å². The van der Waals surface area contributed by atoms with Gasteiger partial charge in [0.2, 0.25) is 0 Å². The molecule has 1 heterocycles. The Labute approximate surface area is 196 Å². The number of phenols is 1. The van der Waals surface area contributed by atoms with Crippen LogP contribution in [0.4, 0.5) is 0 Å². The van der Waals surface area contributed by atoms with Crippen molar-refractivity contribution in [2.24, 2.45) is 5.73 Å². The number of rotatable bonds is 5. The first kappa shape index (κ1) is 22.7. The van der Waals surface area contributed by atoms with Gasteiger partial charge in [-0.1, -0.05) is 6.07 Å². The van der Waals surface area contributed by atoms with Crippen molar-refractivity contribution in [2.45, 2.75) is 25.2 Å². The first-order valence-electron chi connectivity index (χ1n) is 10.7. The number of nitrogens with one attached hydrogen (secondary N) is 1. The van der Waals surface area contributed by atoms with Crippen LogP contribution in [0.1, 0.15) is 41.1 Å². The van der Waals surface area contributed by atoms with Crippen LogP contribution in [-0.4, -0.2) is 36.0 Å². The van der Waals surface area contributed by atoms with E-state index in [1.807, 2.05) is 0 Å². The Morgan fingerprint density at radius 2 is 1.91 bits per heavy atom. The lowest BCUT2D eigenvalue weighted by Crippen LogP contribution is -2.48. The molecule has 34 heavy (non-hydrogen) atoms. The lowest BCUT2D eigenvalue weighted by Gasteiger charge is -2.39. The standard InChI is InChI=1S/C25H24N4O5/c1-33-16-10-11-17(21(12-16)34-2)22-18(13-26)24(27)29(19-4-3-5-20(31)23(19)22)28-25(32)14-6-8-15(30)9-7-14/h6-12,22,30H,3-5,27H2,1-2H3,(H,28,32). The summed E-state index contributed by atoms with van der Waals surface area (Å²) in [6.07, 6.45) is 1.41. The second-order valence-electron chi connectivity index (χ2n) is 7.91. The van der Waals surface area contributed by atoms with Gasteiger partial charge >= 0.3 is 0 Å². The van der Waals surface area contributed by atoms with Gasteiger partial charge in [0.05, 0.1) is 31.8 Å². The van der Waals surface area contributed by atoms with Crippen LogP contribution in [0.3, 0.4) is 0 Å². The molecule has 1 atom stereocenters. The lowest BCUT2D eigenvalue weighted by molar-refractivity contribution is -0.116. The van der Waals surface area contributed by atoms with E-state index in [9.17, 15) is 20.0 Å². The molecular weight excluding hydrogens is 436 g/mol. The van der Waals surface area contributed by atoms with Crippen molar-refractivity contribution in [3.05, 3.63) is 76.3 Å². The van der Waals surface area contributed by atoms with Gasteiger partial charge in [0.1, 0.15) is 23.1 Å². The first-order chi connectivity index (χ1) is 16.4. The van der Waals surface area contributed by atoms with Crippen LogP contribution >= 0.6 is 0 Å². The van der Waals surface area contributed by atoms with Crippen molar-refractivity contribution in [1.82, 2.24) is 10.4 Å². The number of aromatic hydroxyl groups is 1. The zero-order chi connectivity index (χ0) is 24.4. The molecule has 1 aliphatic carbocycles. The maximum absolute atomic E-state index is 13.2. The molecule has 9 nitrogen and oxygen atoms in total. The van der Waals surface area contributed by atoms with Gasteiger partial charge in [-0.15, -0.1) is 0 Å². The minimum atomic E-state index is -0.740. The molecule has 0 radical (unpaired) electrons. The van der Waals surface area contributed by atoms with E-state index in [1.54, 1.807) is 18.2 Å². The van der Waals surface area contributed by atoms with Gasteiger partial charge in [0.15, 0.2) is 5.78 Å². The van der Waals surface area contributed by atoms with E-state index in [4.69, 9.17) is 15.2 Å². The summed E-state index contributed by atoms with van der Waals surface area (Å²) in [7, 11) is 3.04. The minimum Gasteiger partial charge on any atom is -0.508 e. The number of methoxy groups -OCH3 is 2. The molecule has 4 N–H and O–H groups in total. The number of carbonyl (C=O) groups excluding carboxylic acids is 2. The zero-order valence-corrected chi connectivity index (χ0v) is 18.8. The predicted molar refractivity (Wildman–Crippen MR) is 122 cm³/mol. The fourth-order valence-electron chi connectivity index (χ4n) is 4.36. The summed E-state index contributed by atoms with van der Waals surface area (Å²) in [5, 5.41) is 20.9. The fraction of sp³-hybridized carbons (Fsp3) is 0.240. The average Bonchev–Trinajstić information content (AvgIpc) is 2.85. The number of nitrogens with two attached hydrogens (primary N) is 1. The number of benzene rings is 2. The van der Waals surface area contributed by atoms with Crippen molar-refractivity contribution in [3.8, 4) is 23.3 Å². The van der Waals surface area contributed by atoms with Gasteiger partial charge in [-0.2, -0.15) is 5.26 Å². The summed E-state index contributed by atoms with van der Waals surface area (Å²) < 4.78 is 10.8. The lowest BCUT2D eigenvalue weighted by atomic mass is 9.75. The summed E-state index contributed by atoms with van der Waals surface area (Å²) in [6, 6.07) is 13.0. The summed E-state index contributed by atoms with van der Waals surface area (Å²) in [5.74, 6) is -0.268. The summed E-state index contributed by atoms with van der Waals surface area (Å²) >= 11 is 0. The number of ketones is 1. The molecular formula is C25H24N4O5. The van der Waals surface area contributed by atoms with Crippen LogP contribution in [-0.2, 0) is 4.79 Å². The highest BCUT2D eigenvalue weighted by Gasteiger charge is 2.41. The number of ether oxygens (including phenoxy) is 2. The normalized spacial score (nSPS) is 17.7. The molecule has 9 heteroatoms. The monoisotopic (exact) mass is 460 g/mol. The number of hydrazine groups is 1. The molecule has 2 aromatic carbocycles. The molecule has 4 rings (SSSR count). The Bertz CT molecular complexity index is 1260. The minimum absolute atomic E-state index is 0.0276. The Balaban J connectivity index is 1.83.